The number of carbonyl (C=O) groups excluding carboxylic acids is 1. The van der Waals surface area contributed by atoms with E-state index < -0.39 is 0 Å². The number of fused-ring (bicyclic) bond motifs is 1. The molecule has 4 rings (SSSR count). The minimum absolute atomic E-state index is 0.0656. The molecule has 7 nitrogen and oxygen atoms in total. The van der Waals surface area contributed by atoms with Gasteiger partial charge in [-0.3, -0.25) is 4.79 Å². The van der Waals surface area contributed by atoms with Crippen molar-refractivity contribution in [2.24, 2.45) is 5.92 Å². The molecule has 1 amide bonds. The predicted octanol–water partition coefficient (Wildman–Crippen LogP) is 3.33. The van der Waals surface area contributed by atoms with Crippen molar-refractivity contribution in [2.75, 3.05) is 18.0 Å². The van der Waals surface area contributed by atoms with E-state index in [1.165, 1.54) is 5.56 Å². The van der Waals surface area contributed by atoms with Gasteiger partial charge in [0.2, 0.25) is 5.91 Å². The Hall–Kier alpha value is -2.96. The molecule has 1 aliphatic rings. The Morgan fingerprint density at radius 2 is 1.97 bits per heavy atom. The van der Waals surface area contributed by atoms with Crippen LogP contribution >= 0.6 is 0 Å². The predicted molar refractivity (Wildman–Crippen MR) is 112 cm³/mol. The van der Waals surface area contributed by atoms with Crippen LogP contribution in [0.15, 0.2) is 28.8 Å². The summed E-state index contributed by atoms with van der Waals surface area (Å²) in [5.74, 6) is 1.49. The van der Waals surface area contributed by atoms with Crippen LogP contribution in [-0.2, 0) is 17.8 Å². The minimum atomic E-state index is -0.0656. The molecule has 0 saturated carbocycles. The van der Waals surface area contributed by atoms with Crippen LogP contribution in [0.25, 0.3) is 11.1 Å². The third-order valence-corrected chi connectivity index (χ3v) is 5.59. The Morgan fingerprint density at radius 3 is 2.72 bits per heavy atom. The largest absolute Gasteiger partial charge is 0.355 e. The second-order valence-corrected chi connectivity index (χ2v) is 7.72. The molecule has 3 heterocycles. The van der Waals surface area contributed by atoms with Gasteiger partial charge < -0.3 is 14.7 Å². The lowest BCUT2D eigenvalue weighted by Gasteiger charge is -2.33. The fraction of sp³-hybridized carbons (Fsp3) is 0.455. The van der Waals surface area contributed by atoms with Crippen molar-refractivity contribution in [2.45, 2.75) is 46.6 Å². The second kappa shape index (κ2) is 8.19. The van der Waals surface area contributed by atoms with Gasteiger partial charge in [-0.05, 0) is 44.2 Å². The van der Waals surface area contributed by atoms with Crippen molar-refractivity contribution < 1.29 is 9.32 Å². The highest BCUT2D eigenvalue weighted by Gasteiger charge is 2.28. The van der Waals surface area contributed by atoms with Gasteiger partial charge in [-0.1, -0.05) is 36.3 Å². The molecular formula is C22H27N5O2. The lowest BCUT2D eigenvalue weighted by atomic mass is 9.96. The number of nitrogens with zero attached hydrogens (tertiary/aromatic N) is 4. The maximum Gasteiger partial charge on any atom is 0.263 e. The molecule has 0 unspecified atom stereocenters. The number of hydrogen-bond donors (Lipinski definition) is 1. The summed E-state index contributed by atoms with van der Waals surface area (Å²) >= 11 is 0. The van der Waals surface area contributed by atoms with Crippen LogP contribution in [0.2, 0.25) is 0 Å². The summed E-state index contributed by atoms with van der Waals surface area (Å²) in [4.78, 5) is 24.0. The Bertz CT molecular complexity index is 1010. The molecule has 0 aliphatic carbocycles. The molecule has 1 aromatic carbocycles. The maximum atomic E-state index is 12.8. The van der Waals surface area contributed by atoms with E-state index in [1.807, 2.05) is 13.8 Å². The van der Waals surface area contributed by atoms with E-state index in [2.05, 4.69) is 56.5 Å². The molecule has 1 saturated heterocycles. The Kier molecular flexibility index (Phi) is 5.47. The zero-order chi connectivity index (χ0) is 20.4. The Balaban J connectivity index is 1.45. The lowest BCUT2D eigenvalue weighted by Crippen LogP contribution is -2.43. The molecule has 1 aliphatic heterocycles. The first-order chi connectivity index (χ1) is 14.0. The highest BCUT2D eigenvalue weighted by Crippen LogP contribution is 2.30. The van der Waals surface area contributed by atoms with E-state index in [1.54, 1.807) is 0 Å². The zero-order valence-corrected chi connectivity index (χ0v) is 17.2. The van der Waals surface area contributed by atoms with Gasteiger partial charge >= 0.3 is 0 Å². The van der Waals surface area contributed by atoms with E-state index in [0.717, 1.165) is 48.3 Å². The molecule has 0 bridgehead atoms. The summed E-state index contributed by atoms with van der Waals surface area (Å²) < 4.78 is 5.33. The Morgan fingerprint density at radius 1 is 1.21 bits per heavy atom. The number of carbonyl (C=O) groups is 1. The van der Waals surface area contributed by atoms with Crippen molar-refractivity contribution in [3.63, 3.8) is 0 Å². The fourth-order valence-electron chi connectivity index (χ4n) is 3.91. The molecule has 29 heavy (non-hydrogen) atoms. The molecule has 1 atom stereocenters. The number of rotatable bonds is 5. The summed E-state index contributed by atoms with van der Waals surface area (Å²) in [6.07, 6.45) is 2.84. The number of aryl methyl sites for hydroxylation is 3. The summed E-state index contributed by atoms with van der Waals surface area (Å²) in [5, 5.41) is 7.98. The van der Waals surface area contributed by atoms with E-state index in [-0.39, 0.29) is 11.8 Å². The summed E-state index contributed by atoms with van der Waals surface area (Å²) in [6, 6.07) is 8.41. The van der Waals surface area contributed by atoms with Crippen molar-refractivity contribution in [1.82, 2.24) is 20.4 Å². The van der Waals surface area contributed by atoms with Crippen molar-refractivity contribution in [3.8, 4) is 0 Å². The summed E-state index contributed by atoms with van der Waals surface area (Å²) in [5.41, 5.74) is 3.71. The number of nitrogens with one attached hydrogen (secondary N) is 1. The third kappa shape index (κ3) is 4.09. The van der Waals surface area contributed by atoms with Gasteiger partial charge in [0.15, 0.2) is 0 Å². The highest BCUT2D eigenvalue weighted by molar-refractivity contribution is 5.88. The molecule has 0 spiro atoms. The monoisotopic (exact) mass is 393 g/mol. The third-order valence-electron chi connectivity index (χ3n) is 5.59. The Labute approximate surface area is 170 Å². The number of amides is 1. The number of aromatic nitrogens is 3. The van der Waals surface area contributed by atoms with Crippen molar-refractivity contribution in [3.05, 3.63) is 46.9 Å². The number of benzene rings is 1. The van der Waals surface area contributed by atoms with Gasteiger partial charge in [-0.2, -0.15) is 4.98 Å². The van der Waals surface area contributed by atoms with Crippen LogP contribution in [0.4, 0.5) is 5.82 Å². The summed E-state index contributed by atoms with van der Waals surface area (Å²) in [6.45, 7) is 7.93. The van der Waals surface area contributed by atoms with Crippen molar-refractivity contribution >= 4 is 22.8 Å². The number of piperidine rings is 1. The van der Waals surface area contributed by atoms with Gasteiger partial charge in [0.05, 0.1) is 11.6 Å². The normalized spacial score (nSPS) is 16.9. The average molecular weight is 393 g/mol. The minimum Gasteiger partial charge on any atom is -0.355 e. The maximum absolute atomic E-state index is 12.8. The standard InChI is InChI=1S/C22H27N5O2/c1-4-16-7-9-17(10-8-16)12-23-21(28)18-6-5-11-27(13-18)20-19-14(2)26-29-22(19)25-15(3)24-20/h7-10,18H,4-6,11-13H2,1-3H3,(H,23,28)/t18-/m1/s1. The zero-order valence-electron chi connectivity index (χ0n) is 17.2. The van der Waals surface area contributed by atoms with Crippen molar-refractivity contribution in [1.29, 1.82) is 0 Å². The molecule has 2 aromatic heterocycles. The molecule has 152 valence electrons. The van der Waals surface area contributed by atoms with E-state index >= 15 is 0 Å². The summed E-state index contributed by atoms with van der Waals surface area (Å²) in [7, 11) is 0. The van der Waals surface area contributed by atoms with Gasteiger partial charge in [0, 0.05) is 19.6 Å². The molecule has 1 N–H and O–H groups in total. The molecule has 3 aromatic rings. The van der Waals surface area contributed by atoms with Crippen LogP contribution in [0.5, 0.6) is 0 Å². The topological polar surface area (TPSA) is 84.2 Å². The van der Waals surface area contributed by atoms with Crippen LogP contribution in [0.1, 0.15) is 42.4 Å². The molecule has 1 fully saturated rings. The molecule has 0 radical (unpaired) electrons. The quantitative estimate of drug-likeness (QED) is 0.716. The molecule has 7 heteroatoms. The lowest BCUT2D eigenvalue weighted by molar-refractivity contribution is -0.125. The van der Waals surface area contributed by atoms with Crippen LogP contribution in [-0.4, -0.2) is 34.1 Å². The van der Waals surface area contributed by atoms with Gasteiger partial charge in [-0.25, -0.2) is 4.98 Å². The second-order valence-electron chi connectivity index (χ2n) is 7.72. The van der Waals surface area contributed by atoms with E-state index in [4.69, 9.17) is 4.52 Å². The first-order valence-electron chi connectivity index (χ1n) is 10.3. The first-order valence-corrected chi connectivity index (χ1v) is 10.3. The fourth-order valence-corrected chi connectivity index (χ4v) is 3.91. The van der Waals surface area contributed by atoms with Crippen LogP contribution in [0, 0.1) is 19.8 Å². The van der Waals surface area contributed by atoms with E-state index in [0.29, 0.717) is 24.6 Å². The van der Waals surface area contributed by atoms with Gasteiger partial charge in [-0.15, -0.1) is 0 Å². The first kappa shape index (κ1) is 19.4. The molecular weight excluding hydrogens is 366 g/mol. The average Bonchev–Trinajstić information content (AvgIpc) is 3.12. The highest BCUT2D eigenvalue weighted by atomic mass is 16.5. The van der Waals surface area contributed by atoms with E-state index in [9.17, 15) is 4.79 Å². The smallest absolute Gasteiger partial charge is 0.263 e. The number of hydrogen-bond acceptors (Lipinski definition) is 6. The van der Waals surface area contributed by atoms with Gasteiger partial charge in [0.1, 0.15) is 17.0 Å². The van der Waals surface area contributed by atoms with Gasteiger partial charge in [0.25, 0.3) is 5.71 Å². The van der Waals surface area contributed by atoms with Crippen LogP contribution in [0.3, 0.4) is 0 Å². The van der Waals surface area contributed by atoms with Crippen LogP contribution < -0.4 is 10.2 Å². The SMILES string of the molecule is CCc1ccc(CNC(=O)[C@@H]2CCCN(c3nc(C)nc4onc(C)c34)C2)cc1. The number of anilines is 1.